The monoisotopic (exact) mass is 334 g/mol. The number of benzene rings is 2. The molecular formula is C21H22N2O2. The van der Waals surface area contributed by atoms with Crippen molar-refractivity contribution in [2.75, 3.05) is 0 Å². The second-order valence-electron chi connectivity index (χ2n) is 6.18. The highest BCUT2D eigenvalue weighted by atomic mass is 16.5. The molecule has 0 atom stereocenters. The summed E-state index contributed by atoms with van der Waals surface area (Å²) in [5, 5.41) is 9.83. The van der Waals surface area contributed by atoms with Crippen molar-refractivity contribution in [3.63, 3.8) is 0 Å². The fourth-order valence-electron chi connectivity index (χ4n) is 3.19. The first-order valence-electron chi connectivity index (χ1n) is 8.44. The number of aromatic amines is 1. The Labute approximate surface area is 147 Å². The molecule has 3 aromatic rings. The van der Waals surface area contributed by atoms with Gasteiger partial charge in [-0.3, -0.25) is 10.0 Å². The van der Waals surface area contributed by atoms with Crippen LogP contribution in [-0.4, -0.2) is 16.1 Å². The van der Waals surface area contributed by atoms with Gasteiger partial charge in [0.15, 0.2) is 0 Å². The third kappa shape index (κ3) is 4.17. The van der Waals surface area contributed by atoms with Crippen molar-refractivity contribution in [1.82, 2.24) is 10.5 Å². The van der Waals surface area contributed by atoms with Gasteiger partial charge in [0, 0.05) is 22.7 Å². The summed E-state index contributed by atoms with van der Waals surface area (Å²) < 4.78 is 0. The zero-order valence-corrected chi connectivity index (χ0v) is 14.3. The first-order valence-corrected chi connectivity index (χ1v) is 8.44. The fourth-order valence-corrected chi connectivity index (χ4v) is 3.19. The number of H-pyrrole nitrogens is 1. The number of hydroxylamine groups is 1. The Morgan fingerprint density at radius 3 is 2.84 bits per heavy atom. The minimum Gasteiger partial charge on any atom is -0.358 e. The molecule has 0 spiro atoms. The standard InChI is InChI=1S/C21H22N2O2/c1-15-18(19-9-2-3-11-20(19)22-15)10-5-8-16-6-4-7-17(14-16)12-13-21(24)23-25/h2-4,6-7,9,11-14,22,25H,5,8,10H2,1H3,(H,23,24)/b13-12+. The third-order valence-electron chi connectivity index (χ3n) is 4.41. The minimum absolute atomic E-state index is 0.528. The lowest BCUT2D eigenvalue weighted by atomic mass is 10.0. The van der Waals surface area contributed by atoms with E-state index in [0.717, 1.165) is 24.8 Å². The summed E-state index contributed by atoms with van der Waals surface area (Å²) in [4.78, 5) is 14.5. The summed E-state index contributed by atoms with van der Waals surface area (Å²) in [5.41, 5.74) is 7.62. The van der Waals surface area contributed by atoms with Gasteiger partial charge in [-0.05, 0) is 55.0 Å². The molecule has 0 saturated carbocycles. The maximum absolute atomic E-state index is 11.1. The summed E-state index contributed by atoms with van der Waals surface area (Å²) in [6, 6.07) is 16.5. The summed E-state index contributed by atoms with van der Waals surface area (Å²) in [6.07, 6.45) is 6.08. The summed E-state index contributed by atoms with van der Waals surface area (Å²) in [6.45, 7) is 2.13. The smallest absolute Gasteiger partial charge is 0.267 e. The zero-order chi connectivity index (χ0) is 17.6. The van der Waals surface area contributed by atoms with Crippen LogP contribution in [0.15, 0.2) is 54.6 Å². The highest BCUT2D eigenvalue weighted by molar-refractivity contribution is 5.90. The van der Waals surface area contributed by atoms with Gasteiger partial charge in [0.2, 0.25) is 0 Å². The van der Waals surface area contributed by atoms with Gasteiger partial charge in [-0.15, -0.1) is 0 Å². The highest BCUT2D eigenvalue weighted by Crippen LogP contribution is 2.23. The number of amides is 1. The molecule has 1 aromatic heterocycles. The Balaban J connectivity index is 1.65. The summed E-state index contributed by atoms with van der Waals surface area (Å²) in [7, 11) is 0. The van der Waals surface area contributed by atoms with Crippen molar-refractivity contribution in [2.24, 2.45) is 0 Å². The quantitative estimate of drug-likeness (QED) is 0.360. The van der Waals surface area contributed by atoms with E-state index in [9.17, 15) is 4.79 Å². The number of aryl methyl sites for hydroxylation is 3. The van der Waals surface area contributed by atoms with Crippen LogP contribution in [0.2, 0.25) is 0 Å². The maximum Gasteiger partial charge on any atom is 0.267 e. The van der Waals surface area contributed by atoms with Crippen LogP contribution in [-0.2, 0) is 17.6 Å². The second-order valence-corrected chi connectivity index (χ2v) is 6.18. The van der Waals surface area contributed by atoms with Gasteiger partial charge < -0.3 is 4.98 Å². The molecule has 0 unspecified atom stereocenters. The molecule has 1 amide bonds. The molecule has 0 radical (unpaired) electrons. The zero-order valence-electron chi connectivity index (χ0n) is 14.3. The minimum atomic E-state index is -0.528. The van der Waals surface area contributed by atoms with Gasteiger partial charge in [-0.1, -0.05) is 42.5 Å². The van der Waals surface area contributed by atoms with Crippen LogP contribution in [0.4, 0.5) is 0 Å². The number of rotatable bonds is 6. The maximum atomic E-state index is 11.1. The van der Waals surface area contributed by atoms with Crippen LogP contribution < -0.4 is 5.48 Å². The molecular weight excluding hydrogens is 312 g/mol. The van der Waals surface area contributed by atoms with Crippen LogP contribution in [0.3, 0.4) is 0 Å². The Morgan fingerprint density at radius 1 is 1.16 bits per heavy atom. The lowest BCUT2D eigenvalue weighted by molar-refractivity contribution is -0.124. The number of carbonyl (C=O) groups is 1. The number of hydrogen-bond donors (Lipinski definition) is 3. The predicted molar refractivity (Wildman–Crippen MR) is 100 cm³/mol. The molecule has 3 rings (SSSR count). The number of fused-ring (bicyclic) bond motifs is 1. The van der Waals surface area contributed by atoms with Crippen molar-refractivity contribution in [2.45, 2.75) is 26.2 Å². The Bertz CT molecular complexity index is 909. The van der Waals surface area contributed by atoms with Gasteiger partial charge in [-0.2, -0.15) is 0 Å². The van der Waals surface area contributed by atoms with Crippen molar-refractivity contribution in [3.8, 4) is 0 Å². The normalized spacial score (nSPS) is 11.3. The number of nitrogens with one attached hydrogen (secondary N) is 2. The SMILES string of the molecule is Cc1[nH]c2ccccc2c1CCCc1cccc(/C=C/C(=O)NO)c1. The van der Waals surface area contributed by atoms with Crippen LogP contribution >= 0.6 is 0 Å². The van der Waals surface area contributed by atoms with Crippen molar-refractivity contribution in [3.05, 3.63) is 77.0 Å². The second kappa shape index (κ2) is 7.81. The van der Waals surface area contributed by atoms with Crippen LogP contribution in [0.5, 0.6) is 0 Å². The first kappa shape index (κ1) is 17.0. The van der Waals surface area contributed by atoms with Gasteiger partial charge in [0.1, 0.15) is 0 Å². The highest BCUT2D eigenvalue weighted by Gasteiger charge is 2.07. The number of carbonyl (C=O) groups excluding carboxylic acids is 1. The molecule has 1 heterocycles. The molecule has 0 aliphatic rings. The number of para-hydroxylation sites is 1. The number of hydrogen-bond acceptors (Lipinski definition) is 2. The predicted octanol–water partition coefficient (Wildman–Crippen LogP) is 4.17. The van der Waals surface area contributed by atoms with E-state index in [1.807, 2.05) is 12.1 Å². The summed E-state index contributed by atoms with van der Waals surface area (Å²) >= 11 is 0. The Morgan fingerprint density at radius 2 is 2.00 bits per heavy atom. The van der Waals surface area contributed by atoms with E-state index in [2.05, 4.69) is 48.3 Å². The van der Waals surface area contributed by atoms with Crippen molar-refractivity contribution >= 4 is 22.9 Å². The van der Waals surface area contributed by atoms with E-state index in [-0.39, 0.29) is 0 Å². The molecule has 25 heavy (non-hydrogen) atoms. The van der Waals surface area contributed by atoms with E-state index in [0.29, 0.717) is 0 Å². The van der Waals surface area contributed by atoms with Gasteiger partial charge in [-0.25, -0.2) is 5.48 Å². The van der Waals surface area contributed by atoms with E-state index in [1.54, 1.807) is 11.6 Å². The van der Waals surface area contributed by atoms with E-state index in [1.165, 1.54) is 33.8 Å². The fraction of sp³-hybridized carbons (Fsp3) is 0.190. The Hall–Kier alpha value is -2.85. The molecule has 2 aromatic carbocycles. The molecule has 3 N–H and O–H groups in total. The molecule has 128 valence electrons. The topological polar surface area (TPSA) is 65.1 Å². The van der Waals surface area contributed by atoms with Gasteiger partial charge in [0.05, 0.1) is 0 Å². The third-order valence-corrected chi connectivity index (χ3v) is 4.41. The van der Waals surface area contributed by atoms with E-state index < -0.39 is 5.91 Å². The average molecular weight is 334 g/mol. The first-order chi connectivity index (χ1) is 12.2. The molecule has 0 aliphatic heterocycles. The average Bonchev–Trinajstić information content (AvgIpc) is 2.95. The molecule has 0 fully saturated rings. The van der Waals surface area contributed by atoms with Gasteiger partial charge >= 0.3 is 0 Å². The van der Waals surface area contributed by atoms with Crippen LogP contribution in [0.1, 0.15) is 28.8 Å². The summed E-state index contributed by atoms with van der Waals surface area (Å²) in [5.74, 6) is -0.528. The van der Waals surface area contributed by atoms with Gasteiger partial charge in [0.25, 0.3) is 5.91 Å². The van der Waals surface area contributed by atoms with Crippen LogP contribution in [0.25, 0.3) is 17.0 Å². The molecule has 4 heteroatoms. The van der Waals surface area contributed by atoms with Crippen LogP contribution in [0, 0.1) is 6.92 Å². The van der Waals surface area contributed by atoms with E-state index >= 15 is 0 Å². The molecule has 0 bridgehead atoms. The van der Waals surface area contributed by atoms with Crippen molar-refractivity contribution in [1.29, 1.82) is 0 Å². The largest absolute Gasteiger partial charge is 0.358 e. The number of aromatic nitrogens is 1. The lowest BCUT2D eigenvalue weighted by Gasteiger charge is -2.04. The molecule has 0 aliphatic carbocycles. The molecule has 0 saturated heterocycles. The molecule has 4 nitrogen and oxygen atoms in total. The Kier molecular flexibility index (Phi) is 5.31. The van der Waals surface area contributed by atoms with E-state index in [4.69, 9.17) is 5.21 Å². The van der Waals surface area contributed by atoms with Crippen molar-refractivity contribution < 1.29 is 10.0 Å². The lowest BCUT2D eigenvalue weighted by Crippen LogP contribution is -2.14.